The number of aromatic nitrogens is 2. The van der Waals surface area contributed by atoms with Crippen molar-refractivity contribution in [1.82, 2.24) is 15.1 Å². The highest BCUT2D eigenvalue weighted by atomic mass is 16.2. The molecule has 0 bridgehead atoms. The number of anilines is 1. The van der Waals surface area contributed by atoms with Crippen molar-refractivity contribution in [2.24, 2.45) is 11.8 Å². The Hall–Kier alpha value is -2.43. The summed E-state index contributed by atoms with van der Waals surface area (Å²) in [4.78, 5) is 16.3. The number of amides is 1. The first-order valence-electron chi connectivity index (χ1n) is 8.11. The molecule has 2 saturated heterocycles. The summed E-state index contributed by atoms with van der Waals surface area (Å²) >= 11 is 0. The minimum absolute atomic E-state index is 0.115. The van der Waals surface area contributed by atoms with Crippen LogP contribution in [0.15, 0.2) is 42.5 Å². The standard InChI is InChI=1S/C18H20N4O/c1-21-10-9-14-11-22(12-15(14)18(21)23)17-8-7-16(19-20-17)13-5-3-2-4-6-13/h2-8,14-15H,9-12H2,1H3/t14-,15+/m1/s1. The van der Waals surface area contributed by atoms with E-state index in [1.165, 1.54) is 0 Å². The third kappa shape index (κ3) is 2.56. The van der Waals surface area contributed by atoms with E-state index in [1.54, 1.807) is 0 Å². The van der Waals surface area contributed by atoms with Crippen molar-refractivity contribution in [3.63, 3.8) is 0 Å². The lowest BCUT2D eigenvalue weighted by Crippen LogP contribution is -2.42. The number of piperidine rings is 1. The Kier molecular flexibility index (Phi) is 3.48. The van der Waals surface area contributed by atoms with Crippen LogP contribution in [0, 0.1) is 11.8 Å². The lowest BCUT2D eigenvalue weighted by atomic mass is 9.88. The van der Waals surface area contributed by atoms with Crippen molar-refractivity contribution >= 4 is 11.7 Å². The number of carbonyl (C=O) groups is 1. The van der Waals surface area contributed by atoms with Crippen LogP contribution < -0.4 is 4.90 Å². The summed E-state index contributed by atoms with van der Waals surface area (Å²) in [6.45, 7) is 2.53. The number of likely N-dealkylation sites (tertiary alicyclic amines) is 1. The fourth-order valence-corrected chi connectivity index (χ4v) is 3.64. The number of hydrogen-bond acceptors (Lipinski definition) is 4. The van der Waals surface area contributed by atoms with Crippen molar-refractivity contribution in [1.29, 1.82) is 0 Å². The molecule has 2 aliphatic heterocycles. The average molecular weight is 308 g/mol. The van der Waals surface area contributed by atoms with Crippen LogP contribution in [-0.4, -0.2) is 47.7 Å². The minimum atomic E-state index is 0.115. The van der Waals surface area contributed by atoms with Gasteiger partial charge in [-0.2, -0.15) is 0 Å². The van der Waals surface area contributed by atoms with Gasteiger partial charge in [-0.3, -0.25) is 4.79 Å². The monoisotopic (exact) mass is 308 g/mol. The van der Waals surface area contributed by atoms with Crippen LogP contribution in [0.1, 0.15) is 6.42 Å². The molecule has 2 fully saturated rings. The first-order chi connectivity index (χ1) is 11.2. The van der Waals surface area contributed by atoms with E-state index in [2.05, 4.69) is 15.1 Å². The summed E-state index contributed by atoms with van der Waals surface area (Å²) in [6.07, 6.45) is 1.08. The van der Waals surface area contributed by atoms with E-state index < -0.39 is 0 Å². The molecule has 0 radical (unpaired) electrons. The van der Waals surface area contributed by atoms with Gasteiger partial charge in [-0.05, 0) is 24.5 Å². The molecular weight excluding hydrogens is 288 g/mol. The first kappa shape index (κ1) is 14.2. The smallest absolute Gasteiger partial charge is 0.227 e. The third-order valence-electron chi connectivity index (χ3n) is 5.01. The molecule has 23 heavy (non-hydrogen) atoms. The fraction of sp³-hybridized carbons (Fsp3) is 0.389. The molecule has 2 aromatic rings. The fourth-order valence-electron chi connectivity index (χ4n) is 3.64. The van der Waals surface area contributed by atoms with Crippen LogP contribution in [0.5, 0.6) is 0 Å². The third-order valence-corrected chi connectivity index (χ3v) is 5.01. The number of rotatable bonds is 2. The van der Waals surface area contributed by atoms with Gasteiger partial charge in [0.05, 0.1) is 11.6 Å². The van der Waals surface area contributed by atoms with E-state index in [4.69, 9.17) is 0 Å². The largest absolute Gasteiger partial charge is 0.354 e. The minimum Gasteiger partial charge on any atom is -0.354 e. The second-order valence-electron chi connectivity index (χ2n) is 6.46. The maximum atomic E-state index is 12.3. The molecule has 0 N–H and O–H groups in total. The molecule has 5 heteroatoms. The second kappa shape index (κ2) is 5.65. The molecule has 3 heterocycles. The Balaban J connectivity index is 1.52. The average Bonchev–Trinajstić information content (AvgIpc) is 3.04. The van der Waals surface area contributed by atoms with Gasteiger partial charge in [0.25, 0.3) is 0 Å². The highest BCUT2D eigenvalue weighted by molar-refractivity contribution is 5.81. The SMILES string of the molecule is CN1CC[C@@H]2CN(c3ccc(-c4ccccc4)nn3)C[C@@H]2C1=O. The molecular formula is C18H20N4O. The Morgan fingerprint density at radius 1 is 1.04 bits per heavy atom. The van der Waals surface area contributed by atoms with Gasteiger partial charge >= 0.3 is 0 Å². The second-order valence-corrected chi connectivity index (χ2v) is 6.46. The van der Waals surface area contributed by atoms with Crippen molar-refractivity contribution in [2.45, 2.75) is 6.42 Å². The van der Waals surface area contributed by atoms with Crippen LogP contribution >= 0.6 is 0 Å². The van der Waals surface area contributed by atoms with E-state index >= 15 is 0 Å². The highest BCUT2D eigenvalue weighted by Gasteiger charge is 2.42. The molecule has 1 amide bonds. The summed E-state index contributed by atoms with van der Waals surface area (Å²) in [6, 6.07) is 14.1. The summed E-state index contributed by atoms with van der Waals surface area (Å²) in [7, 11) is 1.90. The Morgan fingerprint density at radius 2 is 1.87 bits per heavy atom. The lowest BCUT2D eigenvalue weighted by Gasteiger charge is -2.30. The van der Waals surface area contributed by atoms with Crippen LogP contribution in [-0.2, 0) is 4.79 Å². The summed E-state index contributed by atoms with van der Waals surface area (Å²) in [5.74, 6) is 1.71. The maximum Gasteiger partial charge on any atom is 0.227 e. The molecule has 5 nitrogen and oxygen atoms in total. The zero-order valence-electron chi connectivity index (χ0n) is 13.2. The Labute approximate surface area is 135 Å². The zero-order valence-corrected chi connectivity index (χ0v) is 13.2. The maximum absolute atomic E-state index is 12.3. The van der Waals surface area contributed by atoms with E-state index in [9.17, 15) is 4.79 Å². The van der Waals surface area contributed by atoms with Crippen LogP contribution in [0.3, 0.4) is 0 Å². The van der Waals surface area contributed by atoms with Crippen LogP contribution in [0.25, 0.3) is 11.3 Å². The van der Waals surface area contributed by atoms with E-state index in [0.717, 1.165) is 43.1 Å². The molecule has 4 rings (SSSR count). The first-order valence-corrected chi connectivity index (χ1v) is 8.11. The number of nitrogens with zero attached hydrogens (tertiary/aromatic N) is 4. The summed E-state index contributed by atoms with van der Waals surface area (Å²) in [5, 5.41) is 8.75. The van der Waals surface area contributed by atoms with E-state index in [-0.39, 0.29) is 11.8 Å². The lowest BCUT2D eigenvalue weighted by molar-refractivity contribution is -0.137. The predicted molar refractivity (Wildman–Crippen MR) is 88.9 cm³/mol. The zero-order chi connectivity index (χ0) is 15.8. The van der Waals surface area contributed by atoms with Crippen LogP contribution in [0.2, 0.25) is 0 Å². The molecule has 118 valence electrons. The van der Waals surface area contributed by atoms with Gasteiger partial charge in [0.2, 0.25) is 5.91 Å². The number of hydrogen-bond donors (Lipinski definition) is 0. The van der Waals surface area contributed by atoms with E-state index in [1.807, 2.05) is 54.4 Å². The van der Waals surface area contributed by atoms with E-state index in [0.29, 0.717) is 5.92 Å². The summed E-state index contributed by atoms with van der Waals surface area (Å²) < 4.78 is 0. The Morgan fingerprint density at radius 3 is 2.61 bits per heavy atom. The van der Waals surface area contributed by atoms with Crippen molar-refractivity contribution in [3.8, 4) is 11.3 Å². The van der Waals surface area contributed by atoms with Gasteiger partial charge in [-0.15, -0.1) is 10.2 Å². The van der Waals surface area contributed by atoms with Crippen LogP contribution in [0.4, 0.5) is 5.82 Å². The molecule has 0 unspecified atom stereocenters. The van der Waals surface area contributed by atoms with Gasteiger partial charge in [0, 0.05) is 32.2 Å². The topological polar surface area (TPSA) is 49.3 Å². The van der Waals surface area contributed by atoms with Gasteiger partial charge in [0.1, 0.15) is 0 Å². The van der Waals surface area contributed by atoms with Crippen molar-refractivity contribution in [2.75, 3.05) is 31.6 Å². The molecule has 2 aliphatic rings. The van der Waals surface area contributed by atoms with Crippen molar-refractivity contribution in [3.05, 3.63) is 42.5 Å². The molecule has 0 aliphatic carbocycles. The number of fused-ring (bicyclic) bond motifs is 1. The molecule has 0 spiro atoms. The number of benzene rings is 1. The summed E-state index contributed by atoms with van der Waals surface area (Å²) in [5.41, 5.74) is 1.94. The normalized spacial score (nSPS) is 24.0. The Bertz CT molecular complexity index is 701. The molecule has 1 aromatic heterocycles. The van der Waals surface area contributed by atoms with Gasteiger partial charge in [-0.1, -0.05) is 30.3 Å². The van der Waals surface area contributed by atoms with Gasteiger partial charge < -0.3 is 9.80 Å². The molecule has 1 aromatic carbocycles. The number of carbonyl (C=O) groups excluding carboxylic acids is 1. The molecule has 2 atom stereocenters. The quantitative estimate of drug-likeness (QED) is 0.852. The van der Waals surface area contributed by atoms with Crippen molar-refractivity contribution < 1.29 is 4.79 Å². The molecule has 0 saturated carbocycles. The van der Waals surface area contributed by atoms with Gasteiger partial charge in [0.15, 0.2) is 5.82 Å². The van der Waals surface area contributed by atoms with Gasteiger partial charge in [-0.25, -0.2) is 0 Å². The highest BCUT2D eigenvalue weighted by Crippen LogP contribution is 2.33. The predicted octanol–water partition coefficient (Wildman–Crippen LogP) is 2.06.